The molecular formula is C21H21N3O3. The molecule has 0 saturated carbocycles. The van der Waals surface area contributed by atoms with Crippen LogP contribution in [0.1, 0.15) is 25.3 Å². The molecule has 0 radical (unpaired) electrons. The zero-order chi connectivity index (χ0) is 19.2. The van der Waals surface area contributed by atoms with E-state index in [0.717, 1.165) is 24.2 Å². The van der Waals surface area contributed by atoms with Gasteiger partial charge in [0.1, 0.15) is 0 Å². The predicted octanol–water partition coefficient (Wildman–Crippen LogP) is 3.42. The Morgan fingerprint density at radius 2 is 1.74 bits per heavy atom. The predicted molar refractivity (Wildman–Crippen MR) is 106 cm³/mol. The van der Waals surface area contributed by atoms with E-state index in [1.807, 2.05) is 24.3 Å². The van der Waals surface area contributed by atoms with Crippen molar-refractivity contribution in [3.63, 3.8) is 0 Å². The lowest BCUT2D eigenvalue weighted by atomic mass is 10.2. The van der Waals surface area contributed by atoms with Gasteiger partial charge in [-0.1, -0.05) is 18.2 Å². The molecule has 3 rings (SSSR count). The van der Waals surface area contributed by atoms with Gasteiger partial charge in [-0.2, -0.15) is 0 Å². The monoisotopic (exact) mass is 363 g/mol. The van der Waals surface area contributed by atoms with Crippen molar-refractivity contribution in [2.45, 2.75) is 19.8 Å². The first-order valence-corrected chi connectivity index (χ1v) is 8.78. The van der Waals surface area contributed by atoms with E-state index in [9.17, 15) is 14.4 Å². The average molecular weight is 363 g/mol. The maximum absolute atomic E-state index is 12.1. The number of hydrogen-bond acceptors (Lipinski definition) is 3. The lowest BCUT2D eigenvalue weighted by Crippen LogP contribution is -2.23. The minimum absolute atomic E-state index is 0.152. The van der Waals surface area contributed by atoms with E-state index >= 15 is 0 Å². The van der Waals surface area contributed by atoms with E-state index < -0.39 is 0 Å². The summed E-state index contributed by atoms with van der Waals surface area (Å²) in [5.41, 5.74) is 2.97. The highest BCUT2D eigenvalue weighted by atomic mass is 16.2. The Hall–Kier alpha value is -3.41. The van der Waals surface area contributed by atoms with Crippen molar-refractivity contribution in [1.82, 2.24) is 0 Å². The normalized spacial score (nSPS) is 13.8. The van der Waals surface area contributed by atoms with Crippen LogP contribution in [0.4, 0.5) is 17.1 Å². The minimum atomic E-state index is -0.270. The lowest BCUT2D eigenvalue weighted by Gasteiger charge is -2.15. The molecule has 0 spiro atoms. The molecule has 0 unspecified atom stereocenters. The summed E-state index contributed by atoms with van der Waals surface area (Å²) in [6.45, 7) is 2.19. The quantitative estimate of drug-likeness (QED) is 0.799. The van der Waals surface area contributed by atoms with Gasteiger partial charge >= 0.3 is 0 Å². The van der Waals surface area contributed by atoms with Gasteiger partial charge in [0.05, 0.1) is 0 Å². The fraction of sp³-hybridized carbons (Fsp3) is 0.190. The van der Waals surface area contributed by atoms with Gasteiger partial charge in [-0.05, 0) is 48.4 Å². The Bertz CT molecular complexity index is 888. The van der Waals surface area contributed by atoms with E-state index in [1.165, 1.54) is 13.0 Å². The van der Waals surface area contributed by atoms with Gasteiger partial charge in [0.25, 0.3) is 0 Å². The molecule has 27 heavy (non-hydrogen) atoms. The summed E-state index contributed by atoms with van der Waals surface area (Å²) in [4.78, 5) is 36.7. The number of benzene rings is 2. The number of nitrogens with zero attached hydrogens (tertiary/aromatic N) is 1. The van der Waals surface area contributed by atoms with Gasteiger partial charge in [-0.3, -0.25) is 14.4 Å². The fourth-order valence-electron chi connectivity index (χ4n) is 2.92. The van der Waals surface area contributed by atoms with Crippen LogP contribution in [-0.4, -0.2) is 24.3 Å². The number of nitrogens with one attached hydrogen (secondary N) is 2. The summed E-state index contributed by atoms with van der Waals surface area (Å²) in [7, 11) is 0. The molecule has 0 aliphatic carbocycles. The molecule has 0 bridgehead atoms. The molecule has 6 nitrogen and oxygen atoms in total. The van der Waals surface area contributed by atoms with Crippen molar-refractivity contribution in [3.05, 3.63) is 60.2 Å². The van der Waals surface area contributed by atoms with Crippen molar-refractivity contribution in [1.29, 1.82) is 0 Å². The molecule has 0 aromatic heterocycles. The molecule has 2 aromatic rings. The third-order valence-electron chi connectivity index (χ3n) is 4.16. The van der Waals surface area contributed by atoms with Crippen LogP contribution in [0.2, 0.25) is 0 Å². The zero-order valence-corrected chi connectivity index (χ0v) is 15.1. The van der Waals surface area contributed by atoms with E-state index in [1.54, 1.807) is 35.2 Å². The van der Waals surface area contributed by atoms with Crippen LogP contribution < -0.4 is 15.5 Å². The number of anilines is 3. The molecular weight excluding hydrogens is 342 g/mol. The molecule has 1 saturated heterocycles. The summed E-state index contributed by atoms with van der Waals surface area (Å²) in [6.07, 6.45) is 4.65. The molecule has 1 aliphatic rings. The molecule has 2 N–H and O–H groups in total. The minimum Gasteiger partial charge on any atom is -0.326 e. The van der Waals surface area contributed by atoms with Crippen LogP contribution in [0.15, 0.2) is 54.6 Å². The Balaban J connectivity index is 1.60. The molecule has 1 heterocycles. The van der Waals surface area contributed by atoms with Gasteiger partial charge < -0.3 is 15.5 Å². The molecule has 0 atom stereocenters. The SMILES string of the molecule is CC(=O)Nc1cccc(NC(=O)/C=C/c2ccc(N3CCCC3=O)cc2)c1. The van der Waals surface area contributed by atoms with Gasteiger partial charge in [-0.15, -0.1) is 0 Å². The third-order valence-corrected chi connectivity index (χ3v) is 4.16. The first kappa shape index (κ1) is 18.4. The van der Waals surface area contributed by atoms with Crippen LogP contribution >= 0.6 is 0 Å². The Kier molecular flexibility index (Phi) is 5.66. The van der Waals surface area contributed by atoms with Crippen LogP contribution in [0, 0.1) is 0 Å². The summed E-state index contributed by atoms with van der Waals surface area (Å²) in [5.74, 6) is -0.287. The first-order valence-electron chi connectivity index (χ1n) is 8.78. The fourth-order valence-corrected chi connectivity index (χ4v) is 2.92. The smallest absolute Gasteiger partial charge is 0.248 e. The number of carbonyl (C=O) groups excluding carboxylic acids is 3. The van der Waals surface area contributed by atoms with Crippen LogP contribution in [0.25, 0.3) is 6.08 Å². The Morgan fingerprint density at radius 3 is 2.37 bits per heavy atom. The van der Waals surface area contributed by atoms with Crippen molar-refractivity contribution in [2.24, 2.45) is 0 Å². The van der Waals surface area contributed by atoms with E-state index in [2.05, 4.69) is 10.6 Å². The largest absolute Gasteiger partial charge is 0.326 e. The topological polar surface area (TPSA) is 78.5 Å². The van der Waals surface area contributed by atoms with E-state index in [0.29, 0.717) is 17.8 Å². The van der Waals surface area contributed by atoms with Gasteiger partial charge in [0, 0.05) is 43.0 Å². The second kappa shape index (κ2) is 8.31. The van der Waals surface area contributed by atoms with Crippen LogP contribution in [0.3, 0.4) is 0 Å². The molecule has 2 aromatic carbocycles. The van der Waals surface area contributed by atoms with Gasteiger partial charge in [0.2, 0.25) is 17.7 Å². The highest BCUT2D eigenvalue weighted by molar-refractivity contribution is 6.02. The van der Waals surface area contributed by atoms with Crippen molar-refractivity contribution < 1.29 is 14.4 Å². The number of amides is 3. The number of rotatable bonds is 5. The standard InChI is InChI=1S/C21H21N3O3/c1-15(25)22-17-4-2-5-18(14-17)23-20(26)12-9-16-7-10-19(11-8-16)24-13-3-6-21(24)27/h2,4-5,7-12,14H,3,6,13H2,1H3,(H,22,25)(H,23,26)/b12-9+. The summed E-state index contributed by atoms with van der Waals surface area (Å²) >= 11 is 0. The second-order valence-corrected chi connectivity index (χ2v) is 6.33. The summed E-state index contributed by atoms with van der Waals surface area (Å²) in [5, 5.41) is 5.43. The lowest BCUT2D eigenvalue weighted by molar-refractivity contribution is -0.117. The Labute approximate surface area is 157 Å². The molecule has 6 heteroatoms. The van der Waals surface area contributed by atoms with Gasteiger partial charge in [-0.25, -0.2) is 0 Å². The molecule has 1 fully saturated rings. The Morgan fingerprint density at radius 1 is 1.04 bits per heavy atom. The molecule has 3 amide bonds. The van der Waals surface area contributed by atoms with Crippen molar-refractivity contribution in [2.75, 3.05) is 22.1 Å². The highest BCUT2D eigenvalue weighted by Crippen LogP contribution is 2.22. The van der Waals surface area contributed by atoms with Crippen LogP contribution in [-0.2, 0) is 14.4 Å². The van der Waals surface area contributed by atoms with E-state index in [-0.39, 0.29) is 17.7 Å². The second-order valence-electron chi connectivity index (χ2n) is 6.33. The average Bonchev–Trinajstić information content (AvgIpc) is 3.06. The molecule has 138 valence electrons. The van der Waals surface area contributed by atoms with Gasteiger partial charge in [0.15, 0.2) is 0 Å². The maximum Gasteiger partial charge on any atom is 0.248 e. The maximum atomic E-state index is 12.1. The zero-order valence-electron chi connectivity index (χ0n) is 15.1. The summed E-state index contributed by atoms with van der Waals surface area (Å²) < 4.78 is 0. The van der Waals surface area contributed by atoms with Crippen molar-refractivity contribution in [3.8, 4) is 0 Å². The first-order chi connectivity index (χ1) is 13.0. The van der Waals surface area contributed by atoms with E-state index in [4.69, 9.17) is 0 Å². The molecule has 1 aliphatic heterocycles. The number of hydrogen-bond donors (Lipinski definition) is 2. The third kappa shape index (κ3) is 5.04. The van der Waals surface area contributed by atoms with Crippen LogP contribution in [0.5, 0.6) is 0 Å². The van der Waals surface area contributed by atoms with Crippen molar-refractivity contribution >= 4 is 40.9 Å². The summed E-state index contributed by atoms with van der Waals surface area (Å²) in [6, 6.07) is 14.5. The highest BCUT2D eigenvalue weighted by Gasteiger charge is 2.21. The number of carbonyl (C=O) groups is 3.